The van der Waals surface area contributed by atoms with Crippen LogP contribution in [0.5, 0.6) is 0 Å². The lowest BCUT2D eigenvalue weighted by atomic mass is 10.1. The van der Waals surface area contributed by atoms with Crippen molar-refractivity contribution >= 4 is 5.91 Å². The second-order valence-corrected chi connectivity index (χ2v) is 5.28. The highest BCUT2D eigenvalue weighted by Crippen LogP contribution is 2.03. The van der Waals surface area contributed by atoms with Gasteiger partial charge < -0.3 is 5.32 Å². The van der Waals surface area contributed by atoms with Gasteiger partial charge in [-0.3, -0.25) is 4.79 Å². The van der Waals surface area contributed by atoms with E-state index in [1.54, 1.807) is 0 Å². The Bertz CT molecular complexity index is 564. The topological polar surface area (TPSA) is 33.0 Å². The van der Waals surface area contributed by atoms with Crippen molar-refractivity contribution in [1.29, 1.82) is 0 Å². The fourth-order valence-corrected chi connectivity index (χ4v) is 2.25. The molecule has 2 rings (SSSR count). The molecule has 0 saturated carbocycles. The average Bonchev–Trinajstić information content (AvgIpc) is 2.54. The molecule has 0 saturated heterocycles. The molecular weight excluding hydrogens is 260 g/mol. The molecule has 3 heteroatoms. The van der Waals surface area contributed by atoms with E-state index in [4.69, 9.17) is 0 Å². The van der Waals surface area contributed by atoms with Gasteiger partial charge in [0.15, 0.2) is 12.4 Å². The fraction of sp³-hybridized carbons (Fsp3) is 0.333. The highest BCUT2D eigenvalue weighted by atomic mass is 16.2. The zero-order chi connectivity index (χ0) is 15.1. The van der Waals surface area contributed by atoms with E-state index in [-0.39, 0.29) is 11.9 Å². The predicted molar refractivity (Wildman–Crippen MR) is 83.6 cm³/mol. The first-order chi connectivity index (χ1) is 10.2. The highest BCUT2D eigenvalue weighted by molar-refractivity contribution is 5.78. The molecule has 1 aromatic carbocycles. The van der Waals surface area contributed by atoms with Crippen LogP contribution in [0, 0.1) is 0 Å². The molecule has 21 heavy (non-hydrogen) atoms. The van der Waals surface area contributed by atoms with Crippen molar-refractivity contribution < 1.29 is 9.36 Å². The number of aromatic nitrogens is 1. The zero-order valence-electron chi connectivity index (χ0n) is 12.8. The molecule has 1 amide bonds. The Kier molecular flexibility index (Phi) is 5.50. The molecule has 0 unspecified atom stereocenters. The molecule has 1 aromatic heterocycles. The predicted octanol–water partition coefficient (Wildman–Crippen LogP) is 2.80. The summed E-state index contributed by atoms with van der Waals surface area (Å²) < 4.78 is 1.94. The monoisotopic (exact) mass is 283 g/mol. The number of pyridine rings is 1. The quantitative estimate of drug-likeness (QED) is 0.813. The minimum atomic E-state index is -0.204. The lowest BCUT2D eigenvalue weighted by Gasteiger charge is -2.09. The zero-order valence-corrected chi connectivity index (χ0v) is 12.8. The maximum absolute atomic E-state index is 12.2. The van der Waals surface area contributed by atoms with Crippen molar-refractivity contribution in [1.82, 2.24) is 5.32 Å². The van der Waals surface area contributed by atoms with E-state index in [0.29, 0.717) is 6.54 Å². The van der Waals surface area contributed by atoms with E-state index < -0.39 is 0 Å². The Hall–Kier alpha value is -2.16. The van der Waals surface area contributed by atoms with Crippen LogP contribution in [-0.2, 0) is 17.8 Å². The van der Waals surface area contributed by atoms with Gasteiger partial charge in [0.1, 0.15) is 0 Å². The number of aryl methyl sites for hydroxylation is 1. The third kappa shape index (κ3) is 4.42. The first kappa shape index (κ1) is 15.2. The number of amides is 1. The summed E-state index contributed by atoms with van der Waals surface area (Å²) in [5, 5.41) is 2.98. The van der Waals surface area contributed by atoms with Gasteiger partial charge in [0, 0.05) is 25.6 Å². The van der Waals surface area contributed by atoms with Crippen LogP contribution >= 0.6 is 0 Å². The molecule has 0 bridgehead atoms. The van der Waals surface area contributed by atoms with Crippen molar-refractivity contribution in [3.05, 3.63) is 66.0 Å². The van der Waals surface area contributed by atoms with Crippen LogP contribution in [0.3, 0.4) is 0 Å². The van der Waals surface area contributed by atoms with Crippen LogP contribution in [-0.4, -0.2) is 5.91 Å². The van der Waals surface area contributed by atoms with Gasteiger partial charge in [-0.05, 0) is 17.5 Å². The summed E-state index contributed by atoms with van der Waals surface area (Å²) in [5.41, 5.74) is 2.42. The highest BCUT2D eigenvalue weighted by Gasteiger charge is 2.21. The molecule has 0 aliphatic rings. The molecule has 1 heterocycles. The Morgan fingerprint density at radius 2 is 1.76 bits per heavy atom. The molecule has 0 aliphatic carbocycles. The number of carbonyl (C=O) groups is 1. The summed E-state index contributed by atoms with van der Waals surface area (Å²) in [5.74, 6) is 0.0343. The lowest BCUT2D eigenvalue weighted by molar-refractivity contribution is -0.706. The van der Waals surface area contributed by atoms with Crippen LogP contribution < -0.4 is 9.88 Å². The molecule has 110 valence electrons. The first-order valence-corrected chi connectivity index (χ1v) is 7.52. The molecule has 0 spiro atoms. The van der Waals surface area contributed by atoms with Crippen molar-refractivity contribution in [2.24, 2.45) is 0 Å². The molecule has 2 aromatic rings. The summed E-state index contributed by atoms with van der Waals surface area (Å²) in [6, 6.07) is 13.9. The van der Waals surface area contributed by atoms with Crippen LogP contribution in [0.2, 0.25) is 0 Å². The van der Waals surface area contributed by atoms with E-state index >= 15 is 0 Å². The number of nitrogens with one attached hydrogen (secondary N) is 1. The second-order valence-electron chi connectivity index (χ2n) is 5.28. The summed E-state index contributed by atoms with van der Waals surface area (Å²) in [6.07, 6.45) is 6.18. The van der Waals surface area contributed by atoms with E-state index in [1.807, 2.05) is 54.2 Å². The Balaban J connectivity index is 1.92. The lowest BCUT2D eigenvalue weighted by Crippen LogP contribution is -2.46. The Morgan fingerprint density at radius 1 is 1.10 bits per heavy atom. The van der Waals surface area contributed by atoms with Crippen molar-refractivity contribution in [2.75, 3.05) is 0 Å². The third-order valence-electron chi connectivity index (χ3n) is 3.60. The number of nitrogens with zero attached hydrogens (tertiary/aromatic N) is 1. The summed E-state index contributed by atoms with van der Waals surface area (Å²) in [7, 11) is 0. The van der Waals surface area contributed by atoms with E-state index in [2.05, 4.69) is 24.4 Å². The molecule has 0 fully saturated rings. The standard InChI is InChI=1S/C18H22N2O/c1-3-7-16-10-12-20(13-11-16)15(2)18(21)19-14-17-8-5-4-6-9-17/h4-6,8-13,15H,3,7,14H2,1-2H3/p+1/t15-/m1/s1. The normalized spacial score (nSPS) is 11.9. The van der Waals surface area contributed by atoms with Gasteiger partial charge in [-0.2, -0.15) is 4.57 Å². The molecule has 0 radical (unpaired) electrons. The van der Waals surface area contributed by atoms with Gasteiger partial charge in [0.2, 0.25) is 6.04 Å². The van der Waals surface area contributed by atoms with Crippen LogP contribution in [0.25, 0.3) is 0 Å². The van der Waals surface area contributed by atoms with Crippen LogP contribution in [0.1, 0.15) is 37.4 Å². The summed E-state index contributed by atoms with van der Waals surface area (Å²) in [4.78, 5) is 12.2. The number of rotatable bonds is 6. The average molecular weight is 283 g/mol. The minimum Gasteiger partial charge on any atom is -0.346 e. The van der Waals surface area contributed by atoms with Crippen molar-refractivity contribution in [3.63, 3.8) is 0 Å². The van der Waals surface area contributed by atoms with Crippen molar-refractivity contribution in [2.45, 2.75) is 39.3 Å². The second kappa shape index (κ2) is 7.58. The molecule has 1 N–H and O–H groups in total. The van der Waals surface area contributed by atoms with Gasteiger partial charge in [-0.1, -0.05) is 43.7 Å². The molecule has 1 atom stereocenters. The number of benzene rings is 1. The van der Waals surface area contributed by atoms with Crippen LogP contribution in [0.4, 0.5) is 0 Å². The van der Waals surface area contributed by atoms with Gasteiger partial charge in [0.05, 0.1) is 0 Å². The fourth-order valence-electron chi connectivity index (χ4n) is 2.25. The van der Waals surface area contributed by atoms with E-state index in [1.165, 1.54) is 5.56 Å². The van der Waals surface area contributed by atoms with Gasteiger partial charge in [-0.25, -0.2) is 0 Å². The minimum absolute atomic E-state index is 0.0343. The first-order valence-electron chi connectivity index (χ1n) is 7.52. The number of hydrogen-bond donors (Lipinski definition) is 1. The molecule has 3 nitrogen and oxygen atoms in total. The molecule has 0 aliphatic heterocycles. The molecular formula is C18H23N2O+. The Morgan fingerprint density at radius 3 is 2.38 bits per heavy atom. The van der Waals surface area contributed by atoms with E-state index in [9.17, 15) is 4.79 Å². The smallest absolute Gasteiger partial charge is 0.289 e. The SMILES string of the molecule is CCCc1cc[n+]([C@H](C)C(=O)NCc2ccccc2)cc1. The van der Waals surface area contributed by atoms with Crippen molar-refractivity contribution in [3.8, 4) is 0 Å². The van der Waals surface area contributed by atoms with Gasteiger partial charge in [-0.15, -0.1) is 0 Å². The summed E-state index contributed by atoms with van der Waals surface area (Å²) in [6.45, 7) is 4.65. The van der Waals surface area contributed by atoms with Gasteiger partial charge >= 0.3 is 0 Å². The number of carbonyl (C=O) groups excluding carboxylic acids is 1. The summed E-state index contributed by atoms with van der Waals surface area (Å²) >= 11 is 0. The maximum atomic E-state index is 12.2. The third-order valence-corrected chi connectivity index (χ3v) is 3.60. The van der Waals surface area contributed by atoms with E-state index in [0.717, 1.165) is 18.4 Å². The maximum Gasteiger partial charge on any atom is 0.289 e. The Labute approximate surface area is 126 Å². The number of hydrogen-bond acceptors (Lipinski definition) is 1. The van der Waals surface area contributed by atoms with Gasteiger partial charge in [0.25, 0.3) is 5.91 Å². The van der Waals surface area contributed by atoms with Crippen LogP contribution in [0.15, 0.2) is 54.9 Å². The largest absolute Gasteiger partial charge is 0.346 e.